The molecule has 0 atom stereocenters. The van der Waals surface area contributed by atoms with Gasteiger partial charge in [-0.25, -0.2) is 4.79 Å². The molecule has 3 rings (SSSR count). The van der Waals surface area contributed by atoms with E-state index in [1.54, 1.807) is 54.6 Å². The van der Waals surface area contributed by atoms with Crippen LogP contribution in [0, 0.1) is 6.92 Å². The Hall–Kier alpha value is -3.22. The Bertz CT molecular complexity index is 1120. The predicted molar refractivity (Wildman–Crippen MR) is 119 cm³/mol. The fraction of sp³-hybridized carbons (Fsp3) is 0.0909. The van der Waals surface area contributed by atoms with Gasteiger partial charge in [-0.1, -0.05) is 52.6 Å². The quantitative estimate of drug-likeness (QED) is 0.184. The number of benzene rings is 3. The lowest BCUT2D eigenvalue weighted by atomic mass is 10.1. The molecule has 0 aliphatic carbocycles. The topological polar surface area (TPSA) is 99.9 Å². The van der Waals surface area contributed by atoms with Crippen molar-refractivity contribution in [3.63, 3.8) is 0 Å². The number of anilines is 1. The monoisotopic (exact) mass is 443 g/mol. The largest absolute Gasteiger partial charge is 0.487 e. The van der Waals surface area contributed by atoms with E-state index in [0.29, 0.717) is 32.6 Å². The maximum atomic E-state index is 12.4. The maximum absolute atomic E-state index is 12.4. The zero-order valence-electron chi connectivity index (χ0n) is 16.1. The number of oxime groups is 1. The van der Waals surface area contributed by atoms with E-state index in [-0.39, 0.29) is 12.4 Å². The first-order valence-corrected chi connectivity index (χ1v) is 9.68. The third-order valence-electron chi connectivity index (χ3n) is 4.33. The van der Waals surface area contributed by atoms with E-state index < -0.39 is 5.97 Å². The van der Waals surface area contributed by atoms with Gasteiger partial charge in [0.25, 0.3) is 0 Å². The van der Waals surface area contributed by atoms with Crippen LogP contribution in [0.3, 0.4) is 0 Å². The van der Waals surface area contributed by atoms with Gasteiger partial charge in [-0.3, -0.25) is 0 Å². The van der Waals surface area contributed by atoms with E-state index in [1.807, 2.05) is 13.0 Å². The molecule has 3 aromatic rings. The molecule has 8 heteroatoms. The first-order valence-electron chi connectivity index (χ1n) is 8.92. The fourth-order valence-corrected chi connectivity index (χ4v) is 3.13. The average Bonchev–Trinajstić information content (AvgIpc) is 2.73. The molecule has 0 aliphatic rings. The zero-order valence-corrected chi connectivity index (χ0v) is 17.6. The van der Waals surface area contributed by atoms with E-state index in [9.17, 15) is 4.79 Å². The van der Waals surface area contributed by atoms with Crippen molar-refractivity contribution < 1.29 is 14.4 Å². The fourth-order valence-electron chi connectivity index (χ4n) is 2.66. The Balaban J connectivity index is 1.67. The van der Waals surface area contributed by atoms with Gasteiger partial charge in [0, 0.05) is 16.3 Å². The summed E-state index contributed by atoms with van der Waals surface area (Å²) in [5, 5.41) is 4.67. The minimum Gasteiger partial charge on any atom is -0.487 e. The van der Waals surface area contributed by atoms with Crippen molar-refractivity contribution in [1.29, 1.82) is 0 Å². The Morgan fingerprint density at radius 1 is 1.07 bits per heavy atom. The van der Waals surface area contributed by atoms with Gasteiger partial charge in [0.05, 0.1) is 10.6 Å². The number of hydrogen-bond acceptors (Lipinski definition) is 5. The SMILES string of the molecule is Cc1c(N)cccc1/C(N)=N/OC(=O)c1cccc(COc2ccc(Cl)cc2Cl)c1. The summed E-state index contributed by atoms with van der Waals surface area (Å²) in [5.41, 5.74) is 14.8. The van der Waals surface area contributed by atoms with Crippen molar-refractivity contribution >= 4 is 40.7 Å². The summed E-state index contributed by atoms with van der Waals surface area (Å²) in [5.74, 6) is -0.0974. The average molecular weight is 444 g/mol. The van der Waals surface area contributed by atoms with Crippen LogP contribution in [0.1, 0.15) is 27.0 Å². The second kappa shape index (κ2) is 9.52. The number of halogens is 2. The Morgan fingerprint density at radius 2 is 1.83 bits per heavy atom. The van der Waals surface area contributed by atoms with E-state index in [0.717, 1.165) is 11.1 Å². The molecule has 0 saturated carbocycles. The number of nitrogens with zero attached hydrogens (tertiary/aromatic N) is 1. The van der Waals surface area contributed by atoms with Crippen molar-refractivity contribution in [2.24, 2.45) is 10.9 Å². The minimum atomic E-state index is -0.647. The number of carbonyl (C=O) groups is 1. The van der Waals surface area contributed by atoms with E-state index in [2.05, 4.69) is 5.16 Å². The second-order valence-electron chi connectivity index (χ2n) is 6.44. The van der Waals surface area contributed by atoms with Crippen molar-refractivity contribution in [2.45, 2.75) is 13.5 Å². The molecule has 0 fully saturated rings. The van der Waals surface area contributed by atoms with E-state index >= 15 is 0 Å². The molecule has 0 bridgehead atoms. The first-order chi connectivity index (χ1) is 14.3. The van der Waals surface area contributed by atoms with Gasteiger partial charge in [0.1, 0.15) is 12.4 Å². The molecule has 0 saturated heterocycles. The lowest BCUT2D eigenvalue weighted by Crippen LogP contribution is -2.17. The van der Waals surface area contributed by atoms with Crippen LogP contribution in [0.2, 0.25) is 10.0 Å². The highest BCUT2D eigenvalue weighted by Gasteiger charge is 2.11. The van der Waals surface area contributed by atoms with Crippen molar-refractivity contribution in [3.8, 4) is 5.75 Å². The highest BCUT2D eigenvalue weighted by atomic mass is 35.5. The van der Waals surface area contributed by atoms with Gasteiger partial charge >= 0.3 is 5.97 Å². The lowest BCUT2D eigenvalue weighted by molar-refractivity contribution is 0.0516. The highest BCUT2D eigenvalue weighted by Crippen LogP contribution is 2.28. The number of nitrogens with two attached hydrogens (primary N) is 2. The second-order valence-corrected chi connectivity index (χ2v) is 7.28. The molecule has 0 spiro atoms. The van der Waals surface area contributed by atoms with Crippen molar-refractivity contribution in [3.05, 3.63) is 93.0 Å². The summed E-state index contributed by atoms with van der Waals surface area (Å²) in [6.07, 6.45) is 0. The van der Waals surface area contributed by atoms with Gasteiger partial charge in [0.2, 0.25) is 0 Å². The van der Waals surface area contributed by atoms with Crippen LogP contribution >= 0.6 is 23.2 Å². The predicted octanol–water partition coefficient (Wildman–Crippen LogP) is 4.94. The smallest absolute Gasteiger partial charge is 0.365 e. The number of ether oxygens (including phenoxy) is 1. The number of hydrogen-bond donors (Lipinski definition) is 2. The number of nitrogen functional groups attached to an aromatic ring is 1. The number of amidine groups is 1. The Labute approximate surface area is 184 Å². The van der Waals surface area contributed by atoms with Crippen molar-refractivity contribution in [1.82, 2.24) is 0 Å². The van der Waals surface area contributed by atoms with Crippen LogP contribution in [0.5, 0.6) is 5.75 Å². The van der Waals surface area contributed by atoms with Gasteiger partial charge in [-0.2, -0.15) is 0 Å². The van der Waals surface area contributed by atoms with Gasteiger partial charge in [-0.15, -0.1) is 0 Å². The number of rotatable bonds is 6. The molecule has 4 N–H and O–H groups in total. The lowest BCUT2D eigenvalue weighted by Gasteiger charge is -2.09. The third kappa shape index (κ3) is 5.23. The normalized spacial score (nSPS) is 11.2. The van der Waals surface area contributed by atoms with Gasteiger partial charge in [0.15, 0.2) is 5.84 Å². The van der Waals surface area contributed by atoms with E-state index in [1.165, 1.54) is 0 Å². The standard InChI is InChI=1S/C22H19Cl2N3O3/c1-13-17(6-3-7-19(13)25)21(26)27-30-22(28)15-5-2-4-14(10-15)12-29-20-9-8-16(23)11-18(20)24/h2-11H,12,25H2,1H3,(H2,26,27). The first kappa shape index (κ1) is 21.5. The molecule has 154 valence electrons. The van der Waals surface area contributed by atoms with Gasteiger partial charge in [-0.05, 0) is 54.4 Å². The molecule has 0 aromatic heterocycles. The highest BCUT2D eigenvalue weighted by molar-refractivity contribution is 6.35. The Kier molecular flexibility index (Phi) is 6.82. The van der Waals surface area contributed by atoms with Crippen LogP contribution in [-0.2, 0) is 11.4 Å². The third-order valence-corrected chi connectivity index (χ3v) is 4.86. The Morgan fingerprint density at radius 3 is 2.60 bits per heavy atom. The molecule has 0 amide bonds. The van der Waals surface area contributed by atoms with Crippen LogP contribution in [-0.4, -0.2) is 11.8 Å². The summed E-state index contributed by atoms with van der Waals surface area (Å²) in [6, 6.07) is 17.0. The summed E-state index contributed by atoms with van der Waals surface area (Å²) >= 11 is 12.0. The summed E-state index contributed by atoms with van der Waals surface area (Å²) < 4.78 is 5.69. The zero-order chi connectivity index (χ0) is 21.7. The summed E-state index contributed by atoms with van der Waals surface area (Å²) in [4.78, 5) is 17.4. The summed E-state index contributed by atoms with van der Waals surface area (Å²) in [6.45, 7) is 2.02. The van der Waals surface area contributed by atoms with E-state index in [4.69, 9.17) is 44.2 Å². The van der Waals surface area contributed by atoms with Crippen LogP contribution in [0.15, 0.2) is 65.8 Å². The van der Waals surface area contributed by atoms with Crippen LogP contribution < -0.4 is 16.2 Å². The molecule has 6 nitrogen and oxygen atoms in total. The van der Waals surface area contributed by atoms with Crippen molar-refractivity contribution in [2.75, 3.05) is 5.73 Å². The number of carbonyl (C=O) groups excluding carboxylic acids is 1. The molecule has 0 unspecified atom stereocenters. The molecule has 0 heterocycles. The molecule has 0 radical (unpaired) electrons. The summed E-state index contributed by atoms with van der Waals surface area (Å²) in [7, 11) is 0. The molecule has 30 heavy (non-hydrogen) atoms. The molecule has 3 aromatic carbocycles. The molecular weight excluding hydrogens is 425 g/mol. The maximum Gasteiger partial charge on any atom is 0.365 e. The minimum absolute atomic E-state index is 0.0602. The van der Waals surface area contributed by atoms with Gasteiger partial charge < -0.3 is 21.0 Å². The molecule has 0 aliphatic heterocycles. The molecular formula is C22H19Cl2N3O3. The van der Waals surface area contributed by atoms with Crippen LogP contribution in [0.4, 0.5) is 5.69 Å². The van der Waals surface area contributed by atoms with Crippen LogP contribution in [0.25, 0.3) is 0 Å².